The zero-order valence-corrected chi connectivity index (χ0v) is 19.4. The molecule has 1 fully saturated rings. The molecule has 1 atom stereocenters. The van der Waals surface area contributed by atoms with Gasteiger partial charge in [0.05, 0.1) is 6.54 Å². The van der Waals surface area contributed by atoms with Gasteiger partial charge in [0, 0.05) is 30.6 Å². The van der Waals surface area contributed by atoms with Crippen molar-refractivity contribution in [3.63, 3.8) is 0 Å². The van der Waals surface area contributed by atoms with Gasteiger partial charge < -0.3 is 15.0 Å². The van der Waals surface area contributed by atoms with Gasteiger partial charge in [-0.05, 0) is 51.0 Å². The smallest absolute Gasteiger partial charge is 0.194 e. The molecule has 2 N–H and O–H groups in total. The summed E-state index contributed by atoms with van der Waals surface area (Å²) in [6, 6.07) is 7.41. The molecule has 1 saturated heterocycles. The van der Waals surface area contributed by atoms with E-state index in [0.717, 1.165) is 50.0 Å². The van der Waals surface area contributed by atoms with Crippen LogP contribution >= 0.6 is 35.6 Å². The van der Waals surface area contributed by atoms with E-state index in [9.17, 15) is 0 Å². The molecule has 9 heteroatoms. The van der Waals surface area contributed by atoms with Crippen molar-refractivity contribution in [3.8, 4) is 5.75 Å². The highest BCUT2D eigenvalue weighted by Crippen LogP contribution is 2.25. The molecule has 1 aromatic carbocycles. The van der Waals surface area contributed by atoms with E-state index in [1.54, 1.807) is 6.33 Å². The molecule has 1 aliphatic rings. The van der Waals surface area contributed by atoms with Crippen LogP contribution in [0.5, 0.6) is 5.75 Å². The number of aromatic nitrogens is 3. The summed E-state index contributed by atoms with van der Waals surface area (Å²) in [6.45, 7) is 7.44. The first kappa shape index (κ1) is 22.7. The summed E-state index contributed by atoms with van der Waals surface area (Å²) in [4.78, 5) is 11.4. The van der Waals surface area contributed by atoms with E-state index >= 15 is 0 Å². The number of piperidine rings is 1. The minimum Gasteiger partial charge on any atom is -0.489 e. The molecule has 1 aliphatic heterocycles. The lowest BCUT2D eigenvalue weighted by Crippen LogP contribution is -2.45. The highest BCUT2D eigenvalue weighted by atomic mass is 127. The minimum atomic E-state index is -0.0217. The molecule has 0 aliphatic carbocycles. The fourth-order valence-corrected chi connectivity index (χ4v) is 3.33. The Morgan fingerprint density at radius 3 is 2.68 bits per heavy atom. The zero-order chi connectivity index (χ0) is 19.1. The number of benzene rings is 1. The number of nitrogens with zero attached hydrogens (tertiary/aromatic N) is 4. The lowest BCUT2D eigenvalue weighted by atomic mass is 9.96. The first-order valence-electron chi connectivity index (χ1n) is 9.46. The van der Waals surface area contributed by atoms with Crippen LogP contribution < -0.4 is 10.1 Å². The third-order valence-electron chi connectivity index (χ3n) is 4.60. The molecule has 7 nitrogen and oxygen atoms in total. The number of H-pyrrole nitrogens is 1. The van der Waals surface area contributed by atoms with Crippen molar-refractivity contribution in [1.29, 1.82) is 0 Å². The van der Waals surface area contributed by atoms with E-state index < -0.39 is 0 Å². The van der Waals surface area contributed by atoms with E-state index in [2.05, 4.69) is 32.3 Å². The number of hydrogen-bond donors (Lipinski definition) is 2. The summed E-state index contributed by atoms with van der Waals surface area (Å²) in [5.74, 6) is 3.18. The fraction of sp³-hybridized carbons (Fsp3) is 0.526. The number of likely N-dealkylation sites (tertiary alicyclic amines) is 1. The topological polar surface area (TPSA) is 78.4 Å². The Kier molecular flexibility index (Phi) is 9.30. The van der Waals surface area contributed by atoms with Gasteiger partial charge in [0.15, 0.2) is 5.96 Å². The summed E-state index contributed by atoms with van der Waals surface area (Å²) in [5.41, 5.74) is 0. The van der Waals surface area contributed by atoms with Crippen LogP contribution in [0.4, 0.5) is 0 Å². The van der Waals surface area contributed by atoms with Crippen LogP contribution in [0.3, 0.4) is 0 Å². The first-order valence-corrected chi connectivity index (χ1v) is 9.84. The van der Waals surface area contributed by atoms with Crippen LogP contribution in [-0.2, 0) is 0 Å². The zero-order valence-electron chi connectivity index (χ0n) is 16.3. The third kappa shape index (κ3) is 6.51. The molecular formula is C19H28ClIN6O. The highest BCUT2D eigenvalue weighted by molar-refractivity contribution is 14.0. The van der Waals surface area contributed by atoms with Gasteiger partial charge >= 0.3 is 0 Å². The molecule has 1 aromatic heterocycles. The molecule has 0 saturated carbocycles. The molecular weight excluding hydrogens is 491 g/mol. The van der Waals surface area contributed by atoms with Gasteiger partial charge in [-0.25, -0.2) is 9.98 Å². The number of rotatable bonds is 6. The van der Waals surface area contributed by atoms with Crippen LogP contribution in [-0.4, -0.2) is 58.3 Å². The maximum Gasteiger partial charge on any atom is 0.194 e. The number of nitrogens with one attached hydrogen (secondary N) is 2. The number of guanidine groups is 1. The fourth-order valence-electron chi connectivity index (χ4n) is 3.20. The van der Waals surface area contributed by atoms with Crippen LogP contribution in [0, 0.1) is 0 Å². The second-order valence-electron chi connectivity index (χ2n) is 6.71. The second kappa shape index (κ2) is 11.5. The summed E-state index contributed by atoms with van der Waals surface area (Å²) in [6.07, 6.45) is 3.63. The number of aromatic amines is 1. The average Bonchev–Trinajstić information content (AvgIpc) is 3.22. The number of hydrogen-bond acceptors (Lipinski definition) is 4. The van der Waals surface area contributed by atoms with Gasteiger partial charge in [-0.2, -0.15) is 5.10 Å². The van der Waals surface area contributed by atoms with Crippen molar-refractivity contribution in [3.05, 3.63) is 41.4 Å². The largest absolute Gasteiger partial charge is 0.489 e. The Balaban J connectivity index is 0.00000280. The van der Waals surface area contributed by atoms with Gasteiger partial charge in [-0.3, -0.25) is 5.10 Å². The highest BCUT2D eigenvalue weighted by Gasteiger charge is 2.24. The SMILES string of the molecule is CCNC(=NCC(C)Oc1ccc(Cl)cc1)N1CCC(c2ncn[nH]2)CC1.I. The minimum absolute atomic E-state index is 0. The van der Waals surface area contributed by atoms with Crippen molar-refractivity contribution in [2.75, 3.05) is 26.2 Å². The second-order valence-corrected chi connectivity index (χ2v) is 7.15. The normalized spacial score (nSPS) is 16.4. The molecule has 0 bridgehead atoms. The van der Waals surface area contributed by atoms with Crippen molar-refractivity contribution < 1.29 is 4.74 Å². The van der Waals surface area contributed by atoms with Crippen molar-refractivity contribution in [2.45, 2.75) is 38.7 Å². The average molecular weight is 519 g/mol. The third-order valence-corrected chi connectivity index (χ3v) is 4.85. The monoisotopic (exact) mass is 518 g/mol. The van der Waals surface area contributed by atoms with Crippen LogP contribution in [0.1, 0.15) is 38.4 Å². The predicted molar refractivity (Wildman–Crippen MR) is 123 cm³/mol. The summed E-state index contributed by atoms with van der Waals surface area (Å²) >= 11 is 5.91. The van der Waals surface area contributed by atoms with Gasteiger partial charge in [-0.1, -0.05) is 11.6 Å². The van der Waals surface area contributed by atoms with Gasteiger partial charge in [0.25, 0.3) is 0 Å². The van der Waals surface area contributed by atoms with Crippen LogP contribution in [0.2, 0.25) is 5.02 Å². The van der Waals surface area contributed by atoms with E-state index in [-0.39, 0.29) is 30.1 Å². The Morgan fingerprint density at radius 1 is 1.36 bits per heavy atom. The maximum absolute atomic E-state index is 5.92. The lowest BCUT2D eigenvalue weighted by molar-refractivity contribution is 0.228. The first-order chi connectivity index (χ1) is 13.2. The molecule has 154 valence electrons. The van der Waals surface area contributed by atoms with Crippen molar-refractivity contribution in [2.24, 2.45) is 4.99 Å². The molecule has 0 spiro atoms. The van der Waals surface area contributed by atoms with E-state index in [0.29, 0.717) is 17.5 Å². The van der Waals surface area contributed by atoms with E-state index in [4.69, 9.17) is 21.3 Å². The Hall–Kier alpha value is -1.55. The van der Waals surface area contributed by atoms with Crippen LogP contribution in [0.25, 0.3) is 0 Å². The quantitative estimate of drug-likeness (QED) is 0.346. The van der Waals surface area contributed by atoms with Crippen molar-refractivity contribution >= 4 is 41.5 Å². The Morgan fingerprint density at radius 2 is 2.07 bits per heavy atom. The molecule has 1 unspecified atom stereocenters. The number of ether oxygens (including phenoxy) is 1. The van der Waals surface area contributed by atoms with Gasteiger partial charge in [-0.15, -0.1) is 24.0 Å². The molecule has 28 heavy (non-hydrogen) atoms. The number of halogens is 2. The van der Waals surface area contributed by atoms with Gasteiger partial charge in [0.2, 0.25) is 0 Å². The Labute approximate surface area is 188 Å². The van der Waals surface area contributed by atoms with E-state index in [1.807, 2.05) is 31.2 Å². The molecule has 0 radical (unpaired) electrons. The van der Waals surface area contributed by atoms with E-state index in [1.165, 1.54) is 0 Å². The predicted octanol–water partition coefficient (Wildman–Crippen LogP) is 3.69. The van der Waals surface area contributed by atoms with Crippen molar-refractivity contribution in [1.82, 2.24) is 25.4 Å². The summed E-state index contributed by atoms with van der Waals surface area (Å²) in [7, 11) is 0. The summed E-state index contributed by atoms with van der Waals surface area (Å²) < 4.78 is 5.92. The molecule has 0 amide bonds. The Bertz CT molecular complexity index is 717. The van der Waals surface area contributed by atoms with Crippen LogP contribution in [0.15, 0.2) is 35.6 Å². The maximum atomic E-state index is 5.92. The lowest BCUT2D eigenvalue weighted by Gasteiger charge is -2.33. The van der Waals surface area contributed by atoms with Gasteiger partial charge in [0.1, 0.15) is 24.0 Å². The molecule has 2 heterocycles. The molecule has 3 rings (SSSR count). The molecule has 2 aromatic rings. The standard InChI is InChI=1S/C19H27ClN6O.HI/c1-3-21-19(22-12-14(2)27-17-6-4-16(20)5-7-17)26-10-8-15(9-11-26)18-23-13-24-25-18;/h4-7,13-15H,3,8-12H2,1-2H3,(H,21,22)(H,23,24,25);1H. The summed E-state index contributed by atoms with van der Waals surface area (Å²) in [5, 5.41) is 11.1. The number of aliphatic imine (C=N–C) groups is 1.